The van der Waals surface area contributed by atoms with Gasteiger partial charge < -0.3 is 15.2 Å². The fourth-order valence-corrected chi connectivity index (χ4v) is 3.58. The highest BCUT2D eigenvalue weighted by atomic mass is 16.5. The van der Waals surface area contributed by atoms with Crippen LogP contribution in [0.25, 0.3) is 0 Å². The van der Waals surface area contributed by atoms with Gasteiger partial charge in [-0.3, -0.25) is 24.1 Å². The first-order valence-electron chi connectivity index (χ1n) is 7.43. The Bertz CT molecular complexity index is 519. The number of amides is 3. The van der Waals surface area contributed by atoms with Gasteiger partial charge in [0, 0.05) is 13.0 Å². The maximum Gasteiger partial charge on any atom is 0.325 e. The highest BCUT2D eigenvalue weighted by Gasteiger charge is 2.62. The smallest absolute Gasteiger partial charge is 0.325 e. The van der Waals surface area contributed by atoms with Gasteiger partial charge in [0.15, 0.2) is 0 Å². The molecule has 8 heteroatoms. The summed E-state index contributed by atoms with van der Waals surface area (Å²) in [5, 5.41) is 11.0. The van der Waals surface area contributed by atoms with Crippen molar-refractivity contribution in [3.63, 3.8) is 0 Å². The van der Waals surface area contributed by atoms with Crippen LogP contribution in [0, 0.1) is 11.8 Å². The molecule has 0 aromatic rings. The summed E-state index contributed by atoms with van der Waals surface area (Å²) < 4.78 is 5.62. The van der Waals surface area contributed by atoms with Gasteiger partial charge in [0.1, 0.15) is 6.04 Å². The molecule has 0 spiro atoms. The number of imide groups is 1. The molecule has 3 amide bonds. The number of likely N-dealkylation sites (tertiary alicyclic amines) is 1. The predicted octanol–water partition coefficient (Wildman–Crippen LogP) is -0.872. The summed E-state index contributed by atoms with van der Waals surface area (Å²) in [5.74, 6) is -2.95. The minimum atomic E-state index is -1.13. The Morgan fingerprint density at radius 3 is 2.32 bits per heavy atom. The number of rotatable bonds is 5. The normalized spacial score (nSPS) is 34.0. The molecule has 0 aromatic heterocycles. The van der Waals surface area contributed by atoms with Crippen molar-refractivity contribution in [3.05, 3.63) is 0 Å². The zero-order chi connectivity index (χ0) is 16.0. The van der Waals surface area contributed by atoms with E-state index >= 15 is 0 Å². The summed E-state index contributed by atoms with van der Waals surface area (Å²) in [6.07, 6.45) is 1.17. The molecular formula is C14H18N2O6. The molecule has 2 bridgehead atoms. The van der Waals surface area contributed by atoms with E-state index in [0.717, 1.165) is 17.7 Å². The third kappa shape index (κ3) is 2.27. The highest BCUT2D eigenvalue weighted by molar-refractivity contribution is 6.06. The molecule has 3 heterocycles. The van der Waals surface area contributed by atoms with E-state index in [1.165, 1.54) is 6.92 Å². The lowest BCUT2D eigenvalue weighted by Gasteiger charge is -2.17. The van der Waals surface area contributed by atoms with Gasteiger partial charge >= 0.3 is 5.97 Å². The van der Waals surface area contributed by atoms with Crippen molar-refractivity contribution in [2.45, 2.75) is 44.4 Å². The van der Waals surface area contributed by atoms with E-state index in [-0.39, 0.29) is 37.0 Å². The van der Waals surface area contributed by atoms with Gasteiger partial charge in [-0.25, -0.2) is 0 Å². The summed E-state index contributed by atoms with van der Waals surface area (Å²) in [7, 11) is 0. The molecule has 3 saturated heterocycles. The maximum absolute atomic E-state index is 12.3. The second-order valence-electron chi connectivity index (χ2n) is 6.05. The number of ether oxygens (including phenoxy) is 1. The minimum absolute atomic E-state index is 0.0116. The van der Waals surface area contributed by atoms with Gasteiger partial charge in [0.05, 0.1) is 24.0 Å². The van der Waals surface area contributed by atoms with Crippen LogP contribution >= 0.6 is 0 Å². The summed E-state index contributed by atoms with van der Waals surface area (Å²) in [6, 6.07) is -0.999. The number of carboxylic acids is 1. The molecule has 5 atom stereocenters. The number of aliphatic carboxylic acids is 1. The van der Waals surface area contributed by atoms with Crippen molar-refractivity contribution in [1.29, 1.82) is 0 Å². The molecule has 0 radical (unpaired) electrons. The topological polar surface area (TPSA) is 113 Å². The second-order valence-corrected chi connectivity index (χ2v) is 6.05. The monoisotopic (exact) mass is 310 g/mol. The summed E-state index contributed by atoms with van der Waals surface area (Å²) in [4.78, 5) is 48.1. The number of carbonyl (C=O) groups excluding carboxylic acids is 3. The van der Waals surface area contributed by atoms with Crippen LogP contribution in [-0.4, -0.2) is 58.5 Å². The number of fused-ring (bicyclic) bond motifs is 5. The van der Waals surface area contributed by atoms with E-state index in [4.69, 9.17) is 9.84 Å². The van der Waals surface area contributed by atoms with Crippen molar-refractivity contribution in [1.82, 2.24) is 10.2 Å². The standard InChI is InChI=1S/C14H18N2O6/c1-6(14(20)21)15-9(17)4-5-16-12(18)10-7-2-3-8(22-7)11(10)13(16)19/h6-8,10-11H,2-5H2,1H3,(H,15,17)(H,20,21)/t6-,7?,8?,10?,11?/m0/s1. The van der Waals surface area contributed by atoms with Crippen molar-refractivity contribution in [2.24, 2.45) is 11.8 Å². The molecule has 0 aliphatic carbocycles. The van der Waals surface area contributed by atoms with Crippen LogP contribution in [0.4, 0.5) is 0 Å². The average Bonchev–Trinajstić information content (AvgIpc) is 3.12. The lowest BCUT2D eigenvalue weighted by molar-refractivity contribution is -0.144. The van der Waals surface area contributed by atoms with Crippen molar-refractivity contribution >= 4 is 23.7 Å². The van der Waals surface area contributed by atoms with Crippen molar-refractivity contribution in [3.8, 4) is 0 Å². The Kier molecular flexibility index (Phi) is 3.64. The first-order chi connectivity index (χ1) is 10.4. The van der Waals surface area contributed by atoms with Gasteiger partial charge in [0.2, 0.25) is 17.7 Å². The number of carboxylic acid groups (broad SMARTS) is 1. The Labute approximate surface area is 126 Å². The van der Waals surface area contributed by atoms with Gasteiger partial charge in [-0.1, -0.05) is 0 Å². The first kappa shape index (κ1) is 15.0. The zero-order valence-electron chi connectivity index (χ0n) is 12.2. The number of hydrogen-bond donors (Lipinski definition) is 2. The van der Waals surface area contributed by atoms with Crippen LogP contribution in [0.15, 0.2) is 0 Å². The molecule has 2 N–H and O–H groups in total. The third-order valence-corrected chi connectivity index (χ3v) is 4.69. The molecule has 3 aliphatic rings. The lowest BCUT2D eigenvalue weighted by Crippen LogP contribution is -2.41. The maximum atomic E-state index is 12.3. The molecule has 120 valence electrons. The lowest BCUT2D eigenvalue weighted by atomic mass is 9.81. The summed E-state index contributed by atoms with van der Waals surface area (Å²) in [5.41, 5.74) is 0. The minimum Gasteiger partial charge on any atom is -0.480 e. The molecule has 4 unspecified atom stereocenters. The van der Waals surface area contributed by atoms with E-state index in [1.807, 2.05) is 0 Å². The van der Waals surface area contributed by atoms with Crippen molar-refractivity contribution in [2.75, 3.05) is 6.54 Å². The molecule has 22 heavy (non-hydrogen) atoms. The largest absolute Gasteiger partial charge is 0.480 e. The second kappa shape index (κ2) is 5.35. The first-order valence-corrected chi connectivity index (χ1v) is 7.43. The fraction of sp³-hybridized carbons (Fsp3) is 0.714. The van der Waals surface area contributed by atoms with Gasteiger partial charge in [-0.15, -0.1) is 0 Å². The van der Waals surface area contributed by atoms with Crippen molar-refractivity contribution < 1.29 is 29.0 Å². The molecule has 0 saturated carbocycles. The fourth-order valence-electron chi connectivity index (χ4n) is 3.58. The SMILES string of the molecule is C[C@H](NC(=O)CCN1C(=O)C2C3CCC(O3)C2C1=O)C(=O)O. The molecule has 3 aliphatic heterocycles. The molecular weight excluding hydrogens is 292 g/mol. The summed E-state index contributed by atoms with van der Waals surface area (Å²) >= 11 is 0. The van der Waals surface area contributed by atoms with Crippen LogP contribution < -0.4 is 5.32 Å². The Morgan fingerprint density at radius 1 is 1.27 bits per heavy atom. The average molecular weight is 310 g/mol. The molecule has 8 nitrogen and oxygen atoms in total. The predicted molar refractivity (Wildman–Crippen MR) is 71.5 cm³/mol. The van der Waals surface area contributed by atoms with E-state index < -0.39 is 29.8 Å². The third-order valence-electron chi connectivity index (χ3n) is 4.69. The van der Waals surface area contributed by atoms with E-state index in [0.29, 0.717) is 0 Å². The Balaban J connectivity index is 1.58. The van der Waals surface area contributed by atoms with E-state index in [9.17, 15) is 19.2 Å². The number of hydrogen-bond acceptors (Lipinski definition) is 5. The zero-order valence-corrected chi connectivity index (χ0v) is 12.2. The number of nitrogens with one attached hydrogen (secondary N) is 1. The number of carbonyl (C=O) groups is 4. The number of nitrogens with zero attached hydrogens (tertiary/aromatic N) is 1. The van der Waals surface area contributed by atoms with Crippen LogP contribution in [-0.2, 0) is 23.9 Å². The van der Waals surface area contributed by atoms with Crippen LogP contribution in [0.2, 0.25) is 0 Å². The van der Waals surface area contributed by atoms with Gasteiger partial charge in [-0.2, -0.15) is 0 Å². The van der Waals surface area contributed by atoms with Gasteiger partial charge in [-0.05, 0) is 19.8 Å². The summed E-state index contributed by atoms with van der Waals surface area (Å²) in [6.45, 7) is 1.34. The van der Waals surface area contributed by atoms with Crippen LogP contribution in [0.5, 0.6) is 0 Å². The highest BCUT2D eigenvalue weighted by Crippen LogP contribution is 2.48. The van der Waals surface area contributed by atoms with Crippen LogP contribution in [0.1, 0.15) is 26.2 Å². The molecule has 3 fully saturated rings. The van der Waals surface area contributed by atoms with Gasteiger partial charge in [0.25, 0.3) is 0 Å². The Hall–Kier alpha value is -1.96. The molecule has 3 rings (SSSR count). The molecule has 0 aromatic carbocycles. The van der Waals surface area contributed by atoms with Crippen LogP contribution in [0.3, 0.4) is 0 Å². The van der Waals surface area contributed by atoms with E-state index in [1.54, 1.807) is 0 Å². The Morgan fingerprint density at radius 2 is 1.82 bits per heavy atom. The quantitative estimate of drug-likeness (QED) is 0.638. The van der Waals surface area contributed by atoms with E-state index in [2.05, 4.69) is 5.32 Å².